The number of alkyl halides is 4. The van der Waals surface area contributed by atoms with Crippen LogP contribution in [-0.2, 0) is 0 Å². The number of benzene rings is 1. The first kappa shape index (κ1) is 22.1. The van der Waals surface area contributed by atoms with Crippen molar-refractivity contribution in [1.29, 1.82) is 0 Å². The maximum absolute atomic E-state index is 15.6. The molecule has 2 aromatic rings. The van der Waals surface area contributed by atoms with E-state index in [2.05, 4.69) is 0 Å². The Morgan fingerprint density at radius 3 is 2.55 bits per heavy atom. The normalized spacial score (nSPS) is 26.8. The third kappa shape index (κ3) is 3.31. The van der Waals surface area contributed by atoms with Crippen LogP contribution in [0.1, 0.15) is 42.9 Å². The van der Waals surface area contributed by atoms with Crippen molar-refractivity contribution in [3.05, 3.63) is 49.9 Å². The molecule has 1 aliphatic heterocycles. The Labute approximate surface area is 184 Å². The summed E-state index contributed by atoms with van der Waals surface area (Å²) in [6.45, 7) is 1.27. The summed E-state index contributed by atoms with van der Waals surface area (Å²) in [4.78, 5) is 28.4. The van der Waals surface area contributed by atoms with E-state index in [1.807, 2.05) is 4.98 Å². The molecule has 0 bridgehead atoms. The Bertz CT molecular complexity index is 1280. The average molecular weight is 471 g/mol. The number of rotatable bonds is 3. The summed E-state index contributed by atoms with van der Waals surface area (Å²) in [6.07, 6.45) is -1.91. The highest BCUT2D eigenvalue weighted by atomic mass is 19.3. The van der Waals surface area contributed by atoms with Crippen LogP contribution >= 0.6 is 0 Å². The average Bonchev–Trinajstić information content (AvgIpc) is 3.49. The summed E-state index contributed by atoms with van der Waals surface area (Å²) >= 11 is 0. The van der Waals surface area contributed by atoms with Crippen molar-refractivity contribution in [1.82, 2.24) is 9.55 Å². The molecule has 3 atom stereocenters. The van der Waals surface area contributed by atoms with E-state index < -0.39 is 64.7 Å². The van der Waals surface area contributed by atoms with Crippen molar-refractivity contribution in [2.45, 2.75) is 50.7 Å². The zero-order chi connectivity index (χ0) is 23.8. The fourth-order valence-corrected chi connectivity index (χ4v) is 5.35. The monoisotopic (exact) mass is 471 g/mol. The molecule has 3 aliphatic rings. The van der Waals surface area contributed by atoms with Crippen molar-refractivity contribution >= 4 is 16.6 Å². The van der Waals surface area contributed by atoms with Gasteiger partial charge in [0.1, 0.15) is 6.10 Å². The first-order valence-electron chi connectivity index (χ1n) is 10.8. The van der Waals surface area contributed by atoms with Gasteiger partial charge in [0.2, 0.25) is 0 Å². The molecule has 3 unspecified atom stereocenters. The summed E-state index contributed by atoms with van der Waals surface area (Å²) in [6, 6.07) is -0.299. The first-order chi connectivity index (χ1) is 15.5. The fraction of sp³-hybridized carbons (Fsp3) is 0.545. The SMILES string of the molecule is Cc1c(N2CC3C=CCC(F)(F)C(O)C3C2)c(F)c(C(F)F)c2c(=O)[nH]c(=O)n(C3CC3)c12. The van der Waals surface area contributed by atoms with Gasteiger partial charge in [0, 0.05) is 43.0 Å². The highest BCUT2D eigenvalue weighted by Gasteiger charge is 2.50. The van der Waals surface area contributed by atoms with E-state index in [1.54, 1.807) is 6.08 Å². The van der Waals surface area contributed by atoms with Gasteiger partial charge >= 0.3 is 5.69 Å². The van der Waals surface area contributed by atoms with Gasteiger partial charge in [0.25, 0.3) is 17.9 Å². The highest BCUT2D eigenvalue weighted by molar-refractivity contribution is 5.90. The summed E-state index contributed by atoms with van der Waals surface area (Å²) < 4.78 is 73.4. The standard InChI is InChI=1S/C22H22F5N3O3/c1-9-16-14(20(32)28-21(33)30(16)11-4-5-11)13(19(24)25)15(23)17(9)29-7-10-3-2-6-22(26,27)18(31)12(10)8-29/h2-3,10-12,18-19,31H,4-8H2,1H3,(H,28,32,33). The number of aliphatic hydroxyl groups is 1. The molecule has 2 heterocycles. The van der Waals surface area contributed by atoms with E-state index in [4.69, 9.17) is 0 Å². The number of allylic oxidation sites excluding steroid dienone is 1. The van der Waals surface area contributed by atoms with Gasteiger partial charge in [0.15, 0.2) is 5.82 Å². The molecule has 2 fully saturated rings. The van der Waals surface area contributed by atoms with E-state index in [-0.39, 0.29) is 35.9 Å². The van der Waals surface area contributed by atoms with Crippen molar-refractivity contribution in [2.24, 2.45) is 11.8 Å². The molecule has 1 saturated heterocycles. The number of nitrogens with one attached hydrogen (secondary N) is 1. The summed E-state index contributed by atoms with van der Waals surface area (Å²) in [5.41, 5.74) is -3.18. The molecule has 2 N–H and O–H groups in total. The summed E-state index contributed by atoms with van der Waals surface area (Å²) in [5, 5.41) is 9.71. The smallest absolute Gasteiger partial charge is 0.329 e. The molecule has 0 spiro atoms. The number of aliphatic hydroxyl groups excluding tert-OH is 1. The van der Waals surface area contributed by atoms with E-state index in [9.17, 15) is 32.3 Å². The summed E-state index contributed by atoms with van der Waals surface area (Å²) in [7, 11) is 0. The quantitative estimate of drug-likeness (QED) is 0.531. The van der Waals surface area contributed by atoms with Gasteiger partial charge in [-0.2, -0.15) is 0 Å². The van der Waals surface area contributed by atoms with Crippen LogP contribution in [0, 0.1) is 24.6 Å². The molecule has 5 rings (SSSR count). The second kappa shape index (κ2) is 7.41. The molecular formula is C22H22F5N3O3. The van der Waals surface area contributed by atoms with Crippen LogP contribution in [0.3, 0.4) is 0 Å². The van der Waals surface area contributed by atoms with Crippen LogP contribution in [0.5, 0.6) is 0 Å². The Kier molecular flexibility index (Phi) is 4.97. The minimum Gasteiger partial charge on any atom is -0.386 e. The van der Waals surface area contributed by atoms with Crippen LogP contribution in [-0.4, -0.2) is 39.8 Å². The lowest BCUT2D eigenvalue weighted by Gasteiger charge is -2.28. The third-order valence-electron chi connectivity index (χ3n) is 7.04. The Balaban J connectivity index is 1.74. The van der Waals surface area contributed by atoms with Crippen LogP contribution in [0.2, 0.25) is 0 Å². The number of H-pyrrole nitrogens is 1. The van der Waals surface area contributed by atoms with E-state index in [0.29, 0.717) is 12.8 Å². The van der Waals surface area contributed by atoms with Gasteiger partial charge in [-0.1, -0.05) is 12.2 Å². The van der Waals surface area contributed by atoms with Gasteiger partial charge in [-0.3, -0.25) is 14.3 Å². The number of fused-ring (bicyclic) bond motifs is 2. The molecule has 11 heteroatoms. The van der Waals surface area contributed by atoms with Gasteiger partial charge in [-0.05, 0) is 19.8 Å². The second-order valence-corrected chi connectivity index (χ2v) is 9.16. The molecule has 178 valence electrons. The number of anilines is 1. The molecule has 1 aromatic heterocycles. The lowest BCUT2D eigenvalue weighted by Crippen LogP contribution is -2.41. The minimum absolute atomic E-state index is 0.0249. The minimum atomic E-state index is -3.36. The number of hydrogen-bond donors (Lipinski definition) is 2. The maximum Gasteiger partial charge on any atom is 0.329 e. The predicted octanol–water partition coefficient (Wildman–Crippen LogP) is 3.42. The van der Waals surface area contributed by atoms with Crippen LogP contribution in [0.25, 0.3) is 10.9 Å². The number of hydrogen-bond acceptors (Lipinski definition) is 4. The lowest BCUT2D eigenvalue weighted by molar-refractivity contribution is -0.127. The van der Waals surface area contributed by atoms with E-state index in [0.717, 1.165) is 0 Å². The van der Waals surface area contributed by atoms with Gasteiger partial charge < -0.3 is 10.0 Å². The Morgan fingerprint density at radius 1 is 1.21 bits per heavy atom. The lowest BCUT2D eigenvalue weighted by atomic mass is 9.89. The van der Waals surface area contributed by atoms with E-state index in [1.165, 1.54) is 22.5 Å². The third-order valence-corrected chi connectivity index (χ3v) is 7.04. The second-order valence-electron chi connectivity index (χ2n) is 9.16. The fourth-order valence-electron chi connectivity index (χ4n) is 5.35. The molecule has 0 amide bonds. The molecule has 0 radical (unpaired) electrons. The topological polar surface area (TPSA) is 78.3 Å². The molecule has 1 saturated carbocycles. The molecule has 6 nitrogen and oxygen atoms in total. The number of aromatic nitrogens is 2. The van der Waals surface area contributed by atoms with Crippen molar-refractivity contribution in [3.63, 3.8) is 0 Å². The Hall–Kier alpha value is -2.69. The zero-order valence-corrected chi connectivity index (χ0v) is 17.6. The zero-order valence-electron chi connectivity index (χ0n) is 17.6. The van der Waals surface area contributed by atoms with Gasteiger partial charge in [-0.25, -0.2) is 26.7 Å². The van der Waals surface area contributed by atoms with Gasteiger partial charge in [-0.15, -0.1) is 0 Å². The van der Waals surface area contributed by atoms with Crippen LogP contribution < -0.4 is 16.1 Å². The van der Waals surface area contributed by atoms with Crippen LogP contribution in [0.4, 0.5) is 27.6 Å². The molecule has 33 heavy (non-hydrogen) atoms. The van der Waals surface area contributed by atoms with Crippen molar-refractivity contribution in [3.8, 4) is 0 Å². The number of aromatic amines is 1. The molecule has 1 aromatic carbocycles. The Morgan fingerprint density at radius 2 is 1.91 bits per heavy atom. The molecule has 2 aliphatic carbocycles. The largest absolute Gasteiger partial charge is 0.386 e. The highest BCUT2D eigenvalue weighted by Crippen LogP contribution is 2.45. The van der Waals surface area contributed by atoms with E-state index >= 15 is 4.39 Å². The number of halogens is 5. The number of aryl methyl sites for hydroxylation is 1. The van der Waals surface area contributed by atoms with Crippen LogP contribution in [0.15, 0.2) is 21.7 Å². The van der Waals surface area contributed by atoms with Crippen molar-refractivity contribution in [2.75, 3.05) is 18.0 Å². The maximum atomic E-state index is 15.6. The van der Waals surface area contributed by atoms with Crippen molar-refractivity contribution < 1.29 is 27.1 Å². The molecular weight excluding hydrogens is 449 g/mol. The predicted molar refractivity (Wildman–Crippen MR) is 111 cm³/mol. The van der Waals surface area contributed by atoms with Gasteiger partial charge in [0.05, 0.1) is 22.2 Å². The first-order valence-corrected chi connectivity index (χ1v) is 10.8. The summed E-state index contributed by atoms with van der Waals surface area (Å²) in [5.74, 6) is -6.16. The number of nitrogens with zero attached hydrogens (tertiary/aromatic N) is 2.